The first-order chi connectivity index (χ1) is 12.2. The van der Waals surface area contributed by atoms with E-state index in [1.165, 1.54) is 5.56 Å². The monoisotopic (exact) mass is 337 g/mol. The Bertz CT molecular complexity index is 674. The molecular formula is C22H27NO2. The minimum atomic E-state index is 0.279. The molecule has 2 rings (SSSR count). The van der Waals surface area contributed by atoms with Crippen LogP contribution in [0.5, 0.6) is 11.5 Å². The molecule has 0 spiro atoms. The third kappa shape index (κ3) is 6.91. The van der Waals surface area contributed by atoms with Gasteiger partial charge in [0.05, 0.1) is 6.61 Å². The molecule has 2 aromatic carbocycles. The third-order valence-corrected chi connectivity index (χ3v) is 3.89. The normalized spacial score (nSPS) is 10.5. The van der Waals surface area contributed by atoms with Crippen LogP contribution < -0.4 is 9.47 Å². The van der Waals surface area contributed by atoms with Crippen LogP contribution in [0, 0.1) is 12.3 Å². The Kier molecular flexibility index (Phi) is 7.88. The summed E-state index contributed by atoms with van der Waals surface area (Å²) in [4.78, 5) is 2.16. The first-order valence-corrected chi connectivity index (χ1v) is 8.69. The molecule has 0 radical (unpaired) electrons. The van der Waals surface area contributed by atoms with Gasteiger partial charge in [-0.25, -0.2) is 0 Å². The molecule has 25 heavy (non-hydrogen) atoms. The van der Waals surface area contributed by atoms with E-state index in [0.29, 0.717) is 6.61 Å². The molecule has 0 heterocycles. The Morgan fingerprint density at radius 2 is 1.80 bits per heavy atom. The maximum absolute atomic E-state index is 6.01. The van der Waals surface area contributed by atoms with Crippen LogP contribution >= 0.6 is 0 Å². The van der Waals surface area contributed by atoms with Crippen LogP contribution in [0.4, 0.5) is 0 Å². The molecule has 0 atom stereocenters. The Morgan fingerprint density at radius 1 is 1.00 bits per heavy atom. The lowest BCUT2D eigenvalue weighted by molar-refractivity contribution is 0.278. The second kappa shape index (κ2) is 10.4. The van der Waals surface area contributed by atoms with Crippen LogP contribution in [0.25, 0.3) is 0 Å². The molecule has 132 valence electrons. The van der Waals surface area contributed by atoms with Crippen molar-refractivity contribution in [1.29, 1.82) is 0 Å². The third-order valence-electron chi connectivity index (χ3n) is 3.89. The van der Waals surface area contributed by atoms with Crippen molar-refractivity contribution in [1.82, 2.24) is 4.90 Å². The van der Waals surface area contributed by atoms with E-state index in [9.17, 15) is 0 Å². The van der Waals surface area contributed by atoms with Crippen molar-refractivity contribution in [2.24, 2.45) is 0 Å². The molecular weight excluding hydrogens is 310 g/mol. The molecule has 0 saturated carbocycles. The fraction of sp³-hybridized carbons (Fsp3) is 0.364. The predicted molar refractivity (Wildman–Crippen MR) is 103 cm³/mol. The summed E-state index contributed by atoms with van der Waals surface area (Å²) in [6, 6.07) is 16.4. The molecule has 0 unspecified atom stereocenters. The topological polar surface area (TPSA) is 21.7 Å². The van der Waals surface area contributed by atoms with E-state index in [0.717, 1.165) is 42.9 Å². The zero-order valence-corrected chi connectivity index (χ0v) is 15.2. The van der Waals surface area contributed by atoms with Gasteiger partial charge in [0.25, 0.3) is 0 Å². The number of hydrogen-bond acceptors (Lipinski definition) is 3. The molecule has 0 bridgehead atoms. The summed E-state index contributed by atoms with van der Waals surface area (Å²) in [5, 5.41) is 0. The quantitative estimate of drug-likeness (QED) is 0.486. The minimum Gasteiger partial charge on any atom is -0.493 e. The van der Waals surface area contributed by atoms with Gasteiger partial charge in [0.2, 0.25) is 0 Å². The van der Waals surface area contributed by atoms with Crippen LogP contribution in [-0.4, -0.2) is 38.8 Å². The lowest BCUT2D eigenvalue weighted by Crippen LogP contribution is -2.15. The highest BCUT2D eigenvalue weighted by molar-refractivity contribution is 5.41. The molecule has 2 aromatic rings. The average molecular weight is 337 g/mol. The molecule has 0 amide bonds. The second-order valence-corrected chi connectivity index (χ2v) is 6.25. The van der Waals surface area contributed by atoms with Crippen LogP contribution in [0.15, 0.2) is 48.5 Å². The van der Waals surface area contributed by atoms with Gasteiger partial charge in [0.15, 0.2) is 0 Å². The molecule has 3 heteroatoms. The highest BCUT2D eigenvalue weighted by Gasteiger charge is 2.07. The summed E-state index contributed by atoms with van der Waals surface area (Å²) in [5.74, 6) is 4.23. The summed E-state index contributed by atoms with van der Waals surface area (Å²) in [6.07, 6.45) is 8.15. The molecule has 0 saturated heterocycles. The Hall–Kier alpha value is -2.44. The van der Waals surface area contributed by atoms with Gasteiger partial charge in [-0.15, -0.1) is 6.42 Å². The van der Waals surface area contributed by atoms with Crippen LogP contribution in [0.3, 0.4) is 0 Å². The summed E-state index contributed by atoms with van der Waals surface area (Å²) in [7, 11) is 4.14. The fourth-order valence-electron chi connectivity index (χ4n) is 2.59. The summed E-state index contributed by atoms with van der Waals surface area (Å²) in [5.41, 5.74) is 2.47. The predicted octanol–water partition coefficient (Wildman–Crippen LogP) is 3.81. The van der Waals surface area contributed by atoms with Crippen LogP contribution in [0.1, 0.15) is 17.5 Å². The minimum absolute atomic E-state index is 0.279. The largest absolute Gasteiger partial charge is 0.493 e. The maximum atomic E-state index is 6.01. The number of aryl methyl sites for hydroxylation is 2. The van der Waals surface area contributed by atoms with Crippen molar-refractivity contribution >= 4 is 0 Å². The van der Waals surface area contributed by atoms with Crippen LogP contribution in [-0.2, 0) is 12.8 Å². The fourth-order valence-corrected chi connectivity index (χ4v) is 2.59. The van der Waals surface area contributed by atoms with Gasteiger partial charge in [-0.3, -0.25) is 0 Å². The van der Waals surface area contributed by atoms with E-state index in [1.54, 1.807) is 0 Å². The zero-order valence-electron chi connectivity index (χ0n) is 15.2. The molecule has 0 aliphatic heterocycles. The molecule has 3 nitrogen and oxygen atoms in total. The first kappa shape index (κ1) is 18.9. The number of nitrogens with zero attached hydrogens (tertiary/aromatic N) is 1. The van der Waals surface area contributed by atoms with E-state index in [4.69, 9.17) is 15.9 Å². The van der Waals surface area contributed by atoms with E-state index in [-0.39, 0.29) is 6.61 Å². The molecule has 0 N–H and O–H groups in total. The lowest BCUT2D eigenvalue weighted by Gasteiger charge is -2.15. The Morgan fingerprint density at radius 3 is 2.52 bits per heavy atom. The number of benzene rings is 2. The van der Waals surface area contributed by atoms with Crippen molar-refractivity contribution in [3.05, 3.63) is 59.7 Å². The SMILES string of the molecule is C#CCOc1ccc(OCCCN(C)C)c(CCc2ccccc2)c1. The standard InChI is InChI=1S/C22H27NO2/c1-4-16-24-21-13-14-22(25-17-8-15-23(2)3)20(18-21)12-11-19-9-6-5-7-10-19/h1,5-7,9-10,13-14,18H,8,11-12,15-17H2,2-3H3. The van der Waals surface area contributed by atoms with E-state index >= 15 is 0 Å². The second-order valence-electron chi connectivity index (χ2n) is 6.25. The maximum Gasteiger partial charge on any atom is 0.148 e. The van der Waals surface area contributed by atoms with Gasteiger partial charge in [0, 0.05) is 6.54 Å². The average Bonchev–Trinajstić information content (AvgIpc) is 2.63. The van der Waals surface area contributed by atoms with Crippen molar-refractivity contribution in [3.63, 3.8) is 0 Å². The van der Waals surface area contributed by atoms with Crippen molar-refractivity contribution in [3.8, 4) is 23.8 Å². The summed E-state index contributed by atoms with van der Waals surface area (Å²) >= 11 is 0. The number of ether oxygens (including phenoxy) is 2. The number of hydrogen-bond donors (Lipinski definition) is 0. The van der Waals surface area contributed by atoms with Crippen molar-refractivity contribution in [2.75, 3.05) is 33.9 Å². The first-order valence-electron chi connectivity index (χ1n) is 8.69. The van der Waals surface area contributed by atoms with E-state index < -0.39 is 0 Å². The Balaban J connectivity index is 2.03. The van der Waals surface area contributed by atoms with Gasteiger partial charge in [-0.1, -0.05) is 36.3 Å². The van der Waals surface area contributed by atoms with Crippen LogP contribution in [0.2, 0.25) is 0 Å². The summed E-state index contributed by atoms with van der Waals surface area (Å²) < 4.78 is 11.6. The zero-order chi connectivity index (χ0) is 17.9. The van der Waals surface area contributed by atoms with Gasteiger partial charge in [-0.2, -0.15) is 0 Å². The Labute approximate surface area is 151 Å². The van der Waals surface area contributed by atoms with Gasteiger partial charge in [0.1, 0.15) is 18.1 Å². The smallest absolute Gasteiger partial charge is 0.148 e. The van der Waals surface area contributed by atoms with Gasteiger partial charge < -0.3 is 14.4 Å². The van der Waals surface area contributed by atoms with Crippen molar-refractivity contribution < 1.29 is 9.47 Å². The van der Waals surface area contributed by atoms with Gasteiger partial charge >= 0.3 is 0 Å². The molecule has 0 aliphatic carbocycles. The highest BCUT2D eigenvalue weighted by atomic mass is 16.5. The lowest BCUT2D eigenvalue weighted by atomic mass is 10.0. The summed E-state index contributed by atoms with van der Waals surface area (Å²) in [6.45, 7) is 2.00. The van der Waals surface area contributed by atoms with E-state index in [1.807, 2.05) is 24.3 Å². The van der Waals surface area contributed by atoms with E-state index in [2.05, 4.69) is 49.2 Å². The van der Waals surface area contributed by atoms with Gasteiger partial charge in [-0.05, 0) is 62.7 Å². The highest BCUT2D eigenvalue weighted by Crippen LogP contribution is 2.26. The molecule has 0 aromatic heterocycles. The number of rotatable bonds is 10. The number of terminal acetylenes is 1. The molecule has 0 aliphatic rings. The van der Waals surface area contributed by atoms with Crippen molar-refractivity contribution in [2.45, 2.75) is 19.3 Å². The molecule has 0 fully saturated rings.